The first-order valence-corrected chi connectivity index (χ1v) is 9.83. The summed E-state index contributed by atoms with van der Waals surface area (Å²) in [5, 5.41) is 0. The Morgan fingerprint density at radius 1 is 0.650 bits per heavy atom. The molecule has 0 amide bonds. The molecule has 118 valence electrons. The molecule has 0 radical (unpaired) electrons. The molecule has 0 saturated heterocycles. The van der Waals surface area contributed by atoms with Crippen LogP contribution in [0.25, 0.3) is 0 Å². The molecule has 0 aromatic carbocycles. The van der Waals surface area contributed by atoms with E-state index in [1.54, 1.807) is 44.9 Å². The highest BCUT2D eigenvalue weighted by Gasteiger charge is 2.30. The van der Waals surface area contributed by atoms with E-state index in [-0.39, 0.29) is 0 Å². The van der Waals surface area contributed by atoms with Crippen LogP contribution in [0, 0.1) is 23.7 Å². The first kappa shape index (κ1) is 16.4. The summed E-state index contributed by atoms with van der Waals surface area (Å²) in [6.07, 6.45) is 21.3. The molecule has 2 fully saturated rings. The maximum absolute atomic E-state index is 2.36. The van der Waals surface area contributed by atoms with E-state index in [1.165, 1.54) is 44.9 Å². The highest BCUT2D eigenvalue weighted by molar-refractivity contribution is 4.82. The van der Waals surface area contributed by atoms with E-state index in [4.69, 9.17) is 0 Å². The average molecular weight is 279 g/mol. The van der Waals surface area contributed by atoms with Crippen LogP contribution in [0.4, 0.5) is 0 Å². The van der Waals surface area contributed by atoms with Crippen molar-refractivity contribution >= 4 is 0 Å². The maximum atomic E-state index is 2.36. The molecule has 0 N–H and O–H groups in total. The van der Waals surface area contributed by atoms with Crippen LogP contribution in [0.3, 0.4) is 0 Å². The molecule has 0 aromatic heterocycles. The standard InChI is InChI=1S/C20H38/c1-3-5-6-9-18-10-7-11-20(16-18)19-14-12-17(8-4-2)13-15-19/h17-20H,3-16H2,1-2H3/t17-,18-,19+,20-/m1/s1. The lowest BCUT2D eigenvalue weighted by atomic mass is 9.67. The molecule has 2 aliphatic rings. The monoisotopic (exact) mass is 278 g/mol. The van der Waals surface area contributed by atoms with E-state index >= 15 is 0 Å². The normalized spacial score (nSPS) is 35.1. The van der Waals surface area contributed by atoms with E-state index < -0.39 is 0 Å². The van der Waals surface area contributed by atoms with Crippen LogP contribution in [-0.2, 0) is 0 Å². The van der Waals surface area contributed by atoms with E-state index in [0.717, 1.165) is 23.7 Å². The van der Waals surface area contributed by atoms with Crippen LogP contribution in [0.5, 0.6) is 0 Å². The fourth-order valence-electron chi connectivity index (χ4n) is 5.06. The fourth-order valence-corrected chi connectivity index (χ4v) is 5.06. The minimum absolute atomic E-state index is 1.08. The lowest BCUT2D eigenvalue weighted by Crippen LogP contribution is -2.26. The highest BCUT2D eigenvalue weighted by atomic mass is 14.4. The SMILES string of the molecule is CCCCC[C@@H]1CCC[C@@H]([C@H]2CC[C@@H](CCC)CC2)C1. The van der Waals surface area contributed by atoms with Gasteiger partial charge in [-0.25, -0.2) is 0 Å². The van der Waals surface area contributed by atoms with E-state index in [0.29, 0.717) is 0 Å². The third-order valence-corrected chi connectivity index (χ3v) is 6.29. The Bertz CT molecular complexity index is 236. The Kier molecular flexibility index (Phi) is 7.45. The van der Waals surface area contributed by atoms with Gasteiger partial charge in [-0.05, 0) is 42.9 Å². The Morgan fingerprint density at radius 2 is 1.45 bits per heavy atom. The van der Waals surface area contributed by atoms with Crippen LogP contribution in [0.2, 0.25) is 0 Å². The molecule has 2 atom stereocenters. The summed E-state index contributed by atoms with van der Waals surface area (Å²) in [5.41, 5.74) is 0. The quantitative estimate of drug-likeness (QED) is 0.441. The Labute approximate surface area is 128 Å². The maximum Gasteiger partial charge on any atom is -0.0383 e. The summed E-state index contributed by atoms with van der Waals surface area (Å²) in [5.74, 6) is 4.39. The Hall–Kier alpha value is 0. The van der Waals surface area contributed by atoms with Crippen molar-refractivity contribution in [3.05, 3.63) is 0 Å². The minimum atomic E-state index is 1.08. The smallest absolute Gasteiger partial charge is 0.0383 e. The van der Waals surface area contributed by atoms with Crippen molar-refractivity contribution < 1.29 is 0 Å². The molecule has 0 unspecified atom stereocenters. The van der Waals surface area contributed by atoms with Crippen LogP contribution >= 0.6 is 0 Å². The van der Waals surface area contributed by atoms with Crippen molar-refractivity contribution in [2.75, 3.05) is 0 Å². The second kappa shape index (κ2) is 9.11. The molecule has 0 nitrogen and oxygen atoms in total. The molecule has 0 heteroatoms. The third kappa shape index (κ3) is 5.08. The van der Waals surface area contributed by atoms with Crippen molar-refractivity contribution in [1.29, 1.82) is 0 Å². The fraction of sp³-hybridized carbons (Fsp3) is 1.00. The number of hydrogen-bond donors (Lipinski definition) is 0. The molecule has 2 saturated carbocycles. The summed E-state index contributed by atoms with van der Waals surface area (Å²) >= 11 is 0. The summed E-state index contributed by atoms with van der Waals surface area (Å²) in [4.78, 5) is 0. The predicted octanol–water partition coefficient (Wildman–Crippen LogP) is 6.98. The second-order valence-electron chi connectivity index (χ2n) is 7.86. The first-order chi connectivity index (χ1) is 9.83. The summed E-state index contributed by atoms with van der Waals surface area (Å²) < 4.78 is 0. The van der Waals surface area contributed by atoms with E-state index in [9.17, 15) is 0 Å². The Morgan fingerprint density at radius 3 is 2.15 bits per heavy atom. The van der Waals surface area contributed by atoms with Crippen molar-refractivity contribution in [2.45, 2.75) is 104 Å². The molecule has 0 aliphatic heterocycles. The van der Waals surface area contributed by atoms with Gasteiger partial charge in [0, 0.05) is 0 Å². The van der Waals surface area contributed by atoms with Gasteiger partial charge in [-0.3, -0.25) is 0 Å². The molecule has 2 aliphatic carbocycles. The molecular formula is C20H38. The largest absolute Gasteiger partial charge is 0.0654 e. The van der Waals surface area contributed by atoms with Crippen LogP contribution in [0.15, 0.2) is 0 Å². The lowest BCUT2D eigenvalue weighted by molar-refractivity contribution is 0.133. The van der Waals surface area contributed by atoms with E-state index in [1.807, 2.05) is 0 Å². The second-order valence-corrected chi connectivity index (χ2v) is 7.86. The summed E-state index contributed by atoms with van der Waals surface area (Å²) in [7, 11) is 0. The summed E-state index contributed by atoms with van der Waals surface area (Å²) in [6, 6.07) is 0. The van der Waals surface area contributed by atoms with Crippen molar-refractivity contribution in [3.63, 3.8) is 0 Å². The predicted molar refractivity (Wildman–Crippen MR) is 89.9 cm³/mol. The van der Waals surface area contributed by atoms with Crippen LogP contribution < -0.4 is 0 Å². The number of hydrogen-bond acceptors (Lipinski definition) is 0. The lowest BCUT2D eigenvalue weighted by Gasteiger charge is -2.38. The van der Waals surface area contributed by atoms with Gasteiger partial charge in [-0.2, -0.15) is 0 Å². The molecule has 0 heterocycles. The third-order valence-electron chi connectivity index (χ3n) is 6.29. The molecular weight excluding hydrogens is 240 g/mol. The van der Waals surface area contributed by atoms with Crippen LogP contribution in [0.1, 0.15) is 104 Å². The molecule has 0 aromatic rings. The van der Waals surface area contributed by atoms with Gasteiger partial charge in [0.2, 0.25) is 0 Å². The minimum Gasteiger partial charge on any atom is -0.0654 e. The number of rotatable bonds is 7. The zero-order valence-corrected chi connectivity index (χ0v) is 14.2. The topological polar surface area (TPSA) is 0 Å². The van der Waals surface area contributed by atoms with Crippen molar-refractivity contribution in [2.24, 2.45) is 23.7 Å². The van der Waals surface area contributed by atoms with Crippen molar-refractivity contribution in [3.8, 4) is 0 Å². The van der Waals surface area contributed by atoms with Gasteiger partial charge in [-0.15, -0.1) is 0 Å². The average Bonchev–Trinajstić information content (AvgIpc) is 2.49. The number of unbranched alkanes of at least 4 members (excludes halogenated alkanes) is 2. The van der Waals surface area contributed by atoms with Crippen molar-refractivity contribution in [1.82, 2.24) is 0 Å². The van der Waals surface area contributed by atoms with Gasteiger partial charge in [0.15, 0.2) is 0 Å². The van der Waals surface area contributed by atoms with Gasteiger partial charge < -0.3 is 0 Å². The van der Waals surface area contributed by atoms with Gasteiger partial charge in [0.25, 0.3) is 0 Å². The zero-order valence-electron chi connectivity index (χ0n) is 14.2. The molecule has 0 bridgehead atoms. The first-order valence-electron chi connectivity index (χ1n) is 9.83. The Balaban J connectivity index is 1.70. The van der Waals surface area contributed by atoms with Crippen LogP contribution in [-0.4, -0.2) is 0 Å². The molecule has 0 spiro atoms. The van der Waals surface area contributed by atoms with Gasteiger partial charge in [0.05, 0.1) is 0 Å². The van der Waals surface area contributed by atoms with Gasteiger partial charge in [0.1, 0.15) is 0 Å². The van der Waals surface area contributed by atoms with Gasteiger partial charge >= 0.3 is 0 Å². The van der Waals surface area contributed by atoms with Gasteiger partial charge in [-0.1, -0.05) is 84.5 Å². The van der Waals surface area contributed by atoms with E-state index in [2.05, 4.69) is 13.8 Å². The highest BCUT2D eigenvalue weighted by Crippen LogP contribution is 2.43. The zero-order chi connectivity index (χ0) is 14.2. The molecule has 20 heavy (non-hydrogen) atoms. The molecule has 2 rings (SSSR count). The summed E-state index contributed by atoms with van der Waals surface area (Å²) in [6.45, 7) is 4.69.